The van der Waals surface area contributed by atoms with Crippen molar-refractivity contribution >= 4 is 23.6 Å². The lowest BCUT2D eigenvalue weighted by atomic mass is 9.76. The number of likely N-dealkylation sites (tertiary alicyclic amines) is 1. The summed E-state index contributed by atoms with van der Waals surface area (Å²) in [4.78, 5) is 52.4. The van der Waals surface area contributed by atoms with E-state index >= 15 is 0 Å². The average molecular weight is 384 g/mol. The van der Waals surface area contributed by atoms with Crippen molar-refractivity contribution < 1.29 is 19.2 Å². The number of piperidine rings is 1. The van der Waals surface area contributed by atoms with Crippen molar-refractivity contribution in [2.45, 2.75) is 44.8 Å². The fourth-order valence-corrected chi connectivity index (χ4v) is 4.34. The Balaban J connectivity index is 1.55. The summed E-state index contributed by atoms with van der Waals surface area (Å²) >= 11 is 0. The van der Waals surface area contributed by atoms with Crippen LogP contribution in [-0.2, 0) is 16.1 Å². The zero-order chi connectivity index (χ0) is 20.2. The summed E-state index contributed by atoms with van der Waals surface area (Å²) < 4.78 is 0. The lowest BCUT2D eigenvalue weighted by molar-refractivity contribution is -0.136. The molecule has 8 nitrogen and oxygen atoms in total. The third-order valence-electron chi connectivity index (χ3n) is 6.42. The molecule has 3 aliphatic rings. The fraction of sp³-hybridized carbons (Fsp3) is 0.500. The monoisotopic (exact) mass is 384 g/mol. The lowest BCUT2D eigenvalue weighted by Gasteiger charge is -2.55. The number of fused-ring (bicyclic) bond motifs is 1. The van der Waals surface area contributed by atoms with Crippen LogP contribution in [0.3, 0.4) is 0 Å². The maximum Gasteiger partial charge on any atom is 0.262 e. The molecule has 3 N–H and O–H groups in total. The molecule has 0 bridgehead atoms. The van der Waals surface area contributed by atoms with Gasteiger partial charge in [-0.25, -0.2) is 0 Å². The van der Waals surface area contributed by atoms with E-state index < -0.39 is 23.8 Å². The molecular formula is C20H24N4O4. The first-order chi connectivity index (χ1) is 13.2. The number of hydrogen-bond donors (Lipinski definition) is 2. The highest BCUT2D eigenvalue weighted by atomic mass is 16.2. The molecule has 4 amide bonds. The molecule has 2 fully saturated rings. The Hall–Kier alpha value is -2.58. The van der Waals surface area contributed by atoms with Gasteiger partial charge in [-0.05, 0) is 44.5 Å². The van der Waals surface area contributed by atoms with Gasteiger partial charge in [-0.2, -0.15) is 0 Å². The highest BCUT2D eigenvalue weighted by Crippen LogP contribution is 2.37. The molecule has 1 aromatic carbocycles. The van der Waals surface area contributed by atoms with Gasteiger partial charge in [0.1, 0.15) is 6.04 Å². The molecule has 3 heterocycles. The maximum atomic E-state index is 12.9. The molecule has 0 aromatic heterocycles. The van der Waals surface area contributed by atoms with E-state index in [1.165, 1.54) is 0 Å². The summed E-state index contributed by atoms with van der Waals surface area (Å²) in [6.07, 6.45) is 0.271. The van der Waals surface area contributed by atoms with E-state index in [1.807, 2.05) is 6.07 Å². The topological polar surface area (TPSA) is 113 Å². The second-order valence-electron chi connectivity index (χ2n) is 8.29. The van der Waals surface area contributed by atoms with Crippen LogP contribution in [0.25, 0.3) is 0 Å². The van der Waals surface area contributed by atoms with E-state index in [0.29, 0.717) is 30.1 Å². The molecule has 2 saturated heterocycles. The third-order valence-corrected chi connectivity index (χ3v) is 6.42. The van der Waals surface area contributed by atoms with E-state index in [-0.39, 0.29) is 24.3 Å². The Morgan fingerprint density at radius 1 is 1.14 bits per heavy atom. The Labute approximate surface area is 163 Å². The van der Waals surface area contributed by atoms with Gasteiger partial charge in [0.15, 0.2) is 0 Å². The SMILES string of the molecule is CC1(C)C(CN)CN1Cc1ccc2c(c1)C(=O)N(C1CCC(=O)NC1=O)C2=O. The predicted molar refractivity (Wildman–Crippen MR) is 100 cm³/mol. The minimum atomic E-state index is -0.937. The van der Waals surface area contributed by atoms with Crippen LogP contribution in [0.1, 0.15) is 53.0 Å². The van der Waals surface area contributed by atoms with Gasteiger partial charge in [-0.15, -0.1) is 0 Å². The standard InChI is InChI=1S/C20H24N4O4/c1-20(2)12(8-21)10-23(20)9-11-3-4-13-14(7-11)19(28)24(18(13)27)15-5-6-16(25)22-17(15)26/h3-4,7,12,15H,5-6,8-10,21H2,1-2H3,(H,22,25,26). The molecular weight excluding hydrogens is 360 g/mol. The molecule has 8 heteroatoms. The van der Waals surface area contributed by atoms with E-state index in [2.05, 4.69) is 24.1 Å². The van der Waals surface area contributed by atoms with Gasteiger partial charge in [0, 0.05) is 31.0 Å². The van der Waals surface area contributed by atoms with E-state index in [1.54, 1.807) is 12.1 Å². The Morgan fingerprint density at radius 2 is 1.86 bits per heavy atom. The van der Waals surface area contributed by atoms with Crippen LogP contribution in [0.4, 0.5) is 0 Å². The van der Waals surface area contributed by atoms with Crippen LogP contribution >= 0.6 is 0 Å². The number of nitrogens with one attached hydrogen (secondary N) is 1. The molecule has 2 atom stereocenters. The van der Waals surface area contributed by atoms with Gasteiger partial charge in [-0.3, -0.25) is 34.3 Å². The molecule has 0 saturated carbocycles. The summed E-state index contributed by atoms with van der Waals surface area (Å²) in [7, 11) is 0. The molecule has 0 aliphatic carbocycles. The lowest BCUT2D eigenvalue weighted by Crippen LogP contribution is -2.65. The van der Waals surface area contributed by atoms with Gasteiger partial charge < -0.3 is 5.73 Å². The first-order valence-corrected chi connectivity index (χ1v) is 9.53. The number of rotatable bonds is 4. The number of carbonyl (C=O) groups excluding carboxylic acids is 4. The molecule has 0 radical (unpaired) electrons. The largest absolute Gasteiger partial charge is 0.330 e. The van der Waals surface area contributed by atoms with E-state index in [9.17, 15) is 19.2 Å². The number of nitrogens with two attached hydrogens (primary N) is 1. The van der Waals surface area contributed by atoms with Crippen molar-refractivity contribution in [2.75, 3.05) is 13.1 Å². The highest BCUT2D eigenvalue weighted by molar-refractivity contribution is 6.23. The van der Waals surface area contributed by atoms with Crippen LogP contribution < -0.4 is 11.1 Å². The first kappa shape index (κ1) is 18.8. The molecule has 148 valence electrons. The second-order valence-corrected chi connectivity index (χ2v) is 8.29. The molecule has 28 heavy (non-hydrogen) atoms. The Kier molecular flexibility index (Phi) is 4.35. The normalized spacial score (nSPS) is 26.9. The van der Waals surface area contributed by atoms with Crippen LogP contribution in [0.15, 0.2) is 18.2 Å². The van der Waals surface area contributed by atoms with Crippen LogP contribution in [0.5, 0.6) is 0 Å². The number of amides is 4. The highest BCUT2D eigenvalue weighted by Gasteiger charge is 2.46. The zero-order valence-corrected chi connectivity index (χ0v) is 16.0. The van der Waals surface area contributed by atoms with E-state index in [0.717, 1.165) is 17.0 Å². The van der Waals surface area contributed by atoms with Gasteiger partial charge in [0.25, 0.3) is 11.8 Å². The molecule has 0 spiro atoms. The molecule has 2 unspecified atom stereocenters. The second kappa shape index (κ2) is 6.49. The summed E-state index contributed by atoms with van der Waals surface area (Å²) in [5, 5.41) is 2.20. The van der Waals surface area contributed by atoms with Crippen molar-refractivity contribution in [3.05, 3.63) is 34.9 Å². The quantitative estimate of drug-likeness (QED) is 0.720. The number of nitrogens with zero attached hydrogens (tertiary/aromatic N) is 2. The van der Waals surface area contributed by atoms with Gasteiger partial charge in [-0.1, -0.05) is 6.07 Å². The third kappa shape index (κ3) is 2.75. The van der Waals surface area contributed by atoms with Crippen LogP contribution in [0, 0.1) is 5.92 Å². The average Bonchev–Trinajstić information content (AvgIpc) is 2.89. The van der Waals surface area contributed by atoms with E-state index in [4.69, 9.17) is 5.73 Å². The number of carbonyl (C=O) groups is 4. The summed E-state index contributed by atoms with van der Waals surface area (Å²) in [6.45, 7) is 6.51. The van der Waals surface area contributed by atoms with Gasteiger partial charge >= 0.3 is 0 Å². The van der Waals surface area contributed by atoms with Crippen molar-refractivity contribution in [3.63, 3.8) is 0 Å². The van der Waals surface area contributed by atoms with Crippen molar-refractivity contribution in [2.24, 2.45) is 11.7 Å². The zero-order valence-electron chi connectivity index (χ0n) is 16.0. The number of hydrogen-bond acceptors (Lipinski definition) is 6. The van der Waals surface area contributed by atoms with Gasteiger partial charge in [0.05, 0.1) is 11.1 Å². The Morgan fingerprint density at radius 3 is 2.50 bits per heavy atom. The van der Waals surface area contributed by atoms with Gasteiger partial charge in [0.2, 0.25) is 11.8 Å². The fourth-order valence-electron chi connectivity index (χ4n) is 4.34. The van der Waals surface area contributed by atoms with Crippen LogP contribution in [0.2, 0.25) is 0 Å². The molecule has 3 aliphatic heterocycles. The minimum Gasteiger partial charge on any atom is -0.330 e. The minimum absolute atomic E-state index is 0.00759. The smallest absolute Gasteiger partial charge is 0.262 e. The molecule has 1 aromatic rings. The summed E-state index contributed by atoms with van der Waals surface area (Å²) in [5.74, 6) is -1.49. The van der Waals surface area contributed by atoms with Crippen molar-refractivity contribution in [1.29, 1.82) is 0 Å². The van der Waals surface area contributed by atoms with Crippen LogP contribution in [-0.4, -0.2) is 58.1 Å². The number of imide groups is 2. The predicted octanol–water partition coefficient (Wildman–Crippen LogP) is 0.257. The Bertz CT molecular complexity index is 894. The van der Waals surface area contributed by atoms with Crippen molar-refractivity contribution in [3.8, 4) is 0 Å². The number of benzene rings is 1. The maximum absolute atomic E-state index is 12.9. The summed E-state index contributed by atoms with van der Waals surface area (Å²) in [5.41, 5.74) is 7.37. The summed E-state index contributed by atoms with van der Waals surface area (Å²) in [6, 6.07) is 4.31. The van der Waals surface area contributed by atoms with Crippen molar-refractivity contribution in [1.82, 2.24) is 15.1 Å². The molecule has 4 rings (SSSR count). The first-order valence-electron chi connectivity index (χ1n) is 9.53.